The maximum Gasteiger partial charge on any atom is 0.265 e. The molecule has 18 heavy (non-hydrogen) atoms. The molecule has 1 atom stereocenters. The van der Waals surface area contributed by atoms with Crippen molar-refractivity contribution in [2.45, 2.75) is 19.1 Å². The van der Waals surface area contributed by atoms with Crippen LogP contribution in [0.2, 0.25) is 0 Å². The normalized spacial score (nSPS) is 18.9. The van der Waals surface area contributed by atoms with Crippen molar-refractivity contribution in [1.82, 2.24) is 5.43 Å². The number of nitrogen functional groups attached to an aromatic ring is 1. The molecule has 1 aliphatic rings. The van der Waals surface area contributed by atoms with Crippen molar-refractivity contribution in [3.63, 3.8) is 0 Å². The van der Waals surface area contributed by atoms with Crippen molar-refractivity contribution >= 4 is 5.91 Å². The van der Waals surface area contributed by atoms with Crippen LogP contribution in [0.15, 0.2) is 18.2 Å². The fourth-order valence-electron chi connectivity index (χ4n) is 1.76. The molecule has 0 saturated carbocycles. The fourth-order valence-corrected chi connectivity index (χ4v) is 1.76. The molecule has 98 valence electrons. The van der Waals surface area contributed by atoms with Gasteiger partial charge in [-0.2, -0.15) is 0 Å². The summed E-state index contributed by atoms with van der Waals surface area (Å²) >= 11 is 0. The van der Waals surface area contributed by atoms with Crippen molar-refractivity contribution < 1.29 is 18.7 Å². The SMILES string of the molecule is NNC(=O)c1ccc(F)c(COC2CCOC2)c1. The molecule has 0 spiro atoms. The van der Waals surface area contributed by atoms with Crippen LogP contribution in [0.25, 0.3) is 0 Å². The van der Waals surface area contributed by atoms with E-state index in [2.05, 4.69) is 0 Å². The number of hydrazine groups is 1. The Labute approximate surface area is 104 Å². The Morgan fingerprint density at radius 2 is 2.44 bits per heavy atom. The molecule has 1 aromatic rings. The fraction of sp³-hybridized carbons (Fsp3) is 0.417. The molecule has 1 aliphatic heterocycles. The van der Waals surface area contributed by atoms with Crippen molar-refractivity contribution in [2.75, 3.05) is 13.2 Å². The predicted octanol–water partition coefficient (Wildman–Crippen LogP) is 0.735. The van der Waals surface area contributed by atoms with Gasteiger partial charge in [0, 0.05) is 17.7 Å². The lowest BCUT2D eigenvalue weighted by atomic mass is 10.1. The molecule has 2 rings (SSSR count). The third kappa shape index (κ3) is 3.04. The molecule has 0 aliphatic carbocycles. The molecule has 6 heteroatoms. The molecular weight excluding hydrogens is 239 g/mol. The van der Waals surface area contributed by atoms with Crippen molar-refractivity contribution in [2.24, 2.45) is 5.84 Å². The third-order valence-electron chi connectivity index (χ3n) is 2.80. The first-order chi connectivity index (χ1) is 8.70. The number of nitrogens with one attached hydrogen (secondary N) is 1. The van der Waals surface area contributed by atoms with E-state index in [1.807, 2.05) is 5.43 Å². The Balaban J connectivity index is 2.03. The first kappa shape index (κ1) is 12.9. The lowest BCUT2D eigenvalue weighted by molar-refractivity contribution is 0.0304. The lowest BCUT2D eigenvalue weighted by Gasteiger charge is -2.11. The minimum Gasteiger partial charge on any atom is -0.379 e. The molecule has 1 saturated heterocycles. The van der Waals surface area contributed by atoms with Gasteiger partial charge in [0.25, 0.3) is 5.91 Å². The summed E-state index contributed by atoms with van der Waals surface area (Å²) in [6.45, 7) is 1.32. The zero-order valence-corrected chi connectivity index (χ0v) is 9.82. The maximum absolute atomic E-state index is 13.5. The number of hydrogen-bond donors (Lipinski definition) is 2. The van der Waals surface area contributed by atoms with Gasteiger partial charge in [0.1, 0.15) is 5.82 Å². The highest BCUT2D eigenvalue weighted by Gasteiger charge is 2.17. The molecule has 0 radical (unpaired) electrons. The van der Waals surface area contributed by atoms with E-state index in [9.17, 15) is 9.18 Å². The van der Waals surface area contributed by atoms with Gasteiger partial charge >= 0.3 is 0 Å². The van der Waals surface area contributed by atoms with E-state index in [4.69, 9.17) is 15.3 Å². The number of carbonyl (C=O) groups is 1. The average molecular weight is 254 g/mol. The Kier molecular flexibility index (Phi) is 4.24. The molecule has 1 unspecified atom stereocenters. The van der Waals surface area contributed by atoms with Crippen LogP contribution in [0.5, 0.6) is 0 Å². The third-order valence-corrected chi connectivity index (χ3v) is 2.80. The number of carbonyl (C=O) groups excluding carboxylic acids is 1. The van der Waals surface area contributed by atoms with E-state index >= 15 is 0 Å². The van der Waals surface area contributed by atoms with Gasteiger partial charge in [-0.3, -0.25) is 10.2 Å². The number of nitrogens with two attached hydrogens (primary N) is 1. The molecule has 1 aromatic carbocycles. The van der Waals surface area contributed by atoms with Crippen LogP contribution in [0, 0.1) is 5.82 Å². The smallest absolute Gasteiger partial charge is 0.265 e. The Hall–Kier alpha value is -1.50. The van der Waals surface area contributed by atoms with Gasteiger partial charge in [-0.15, -0.1) is 0 Å². The van der Waals surface area contributed by atoms with Crippen molar-refractivity contribution in [3.05, 3.63) is 35.1 Å². The molecule has 1 amide bonds. The summed E-state index contributed by atoms with van der Waals surface area (Å²) in [4.78, 5) is 11.3. The topological polar surface area (TPSA) is 73.6 Å². The van der Waals surface area contributed by atoms with Gasteiger partial charge in [-0.25, -0.2) is 10.2 Å². The standard InChI is InChI=1S/C12H15FN2O3/c13-11-2-1-8(12(16)15-14)5-9(11)6-18-10-3-4-17-7-10/h1-2,5,10H,3-4,6-7,14H2,(H,15,16). The molecule has 5 nitrogen and oxygen atoms in total. The van der Waals surface area contributed by atoms with E-state index in [-0.39, 0.29) is 12.7 Å². The zero-order valence-electron chi connectivity index (χ0n) is 9.82. The predicted molar refractivity (Wildman–Crippen MR) is 62.1 cm³/mol. The van der Waals surface area contributed by atoms with Crippen LogP contribution in [0.1, 0.15) is 22.3 Å². The van der Waals surface area contributed by atoms with Gasteiger partial charge in [0.05, 0.1) is 19.3 Å². The van der Waals surface area contributed by atoms with E-state index in [1.54, 1.807) is 0 Å². The van der Waals surface area contributed by atoms with Gasteiger partial charge in [0.15, 0.2) is 0 Å². The molecule has 1 fully saturated rings. The number of rotatable bonds is 4. The van der Waals surface area contributed by atoms with Gasteiger partial charge < -0.3 is 9.47 Å². The molecule has 3 N–H and O–H groups in total. The van der Waals surface area contributed by atoms with Crippen LogP contribution in [-0.2, 0) is 16.1 Å². The summed E-state index contributed by atoms with van der Waals surface area (Å²) in [6, 6.07) is 4.04. The molecular formula is C12H15FN2O3. The van der Waals surface area contributed by atoms with Crippen LogP contribution < -0.4 is 11.3 Å². The van der Waals surface area contributed by atoms with Crippen molar-refractivity contribution in [3.8, 4) is 0 Å². The van der Waals surface area contributed by atoms with Crippen molar-refractivity contribution in [1.29, 1.82) is 0 Å². The van der Waals surface area contributed by atoms with Crippen LogP contribution in [-0.4, -0.2) is 25.2 Å². The summed E-state index contributed by atoms with van der Waals surface area (Å²) < 4.78 is 24.2. The molecule has 0 aromatic heterocycles. The monoisotopic (exact) mass is 254 g/mol. The first-order valence-electron chi connectivity index (χ1n) is 5.69. The zero-order chi connectivity index (χ0) is 13.0. The minimum atomic E-state index is -0.458. The Morgan fingerprint density at radius 3 is 3.11 bits per heavy atom. The summed E-state index contributed by atoms with van der Waals surface area (Å²) in [5, 5.41) is 0. The van der Waals surface area contributed by atoms with Crippen LogP contribution in [0.4, 0.5) is 4.39 Å². The lowest BCUT2D eigenvalue weighted by Crippen LogP contribution is -2.30. The van der Waals surface area contributed by atoms with Gasteiger partial charge in [-0.05, 0) is 24.6 Å². The number of halogens is 1. The Bertz CT molecular complexity index is 433. The van der Waals surface area contributed by atoms with E-state index in [0.29, 0.717) is 24.3 Å². The first-order valence-corrected chi connectivity index (χ1v) is 5.69. The number of benzene rings is 1. The number of ether oxygens (including phenoxy) is 2. The summed E-state index contributed by atoms with van der Waals surface area (Å²) in [6.07, 6.45) is 0.807. The summed E-state index contributed by atoms with van der Waals surface area (Å²) in [5.41, 5.74) is 2.64. The van der Waals surface area contributed by atoms with Crippen LogP contribution >= 0.6 is 0 Å². The largest absolute Gasteiger partial charge is 0.379 e. The maximum atomic E-state index is 13.5. The summed E-state index contributed by atoms with van der Waals surface area (Å²) in [7, 11) is 0. The minimum absolute atomic E-state index is 0.00334. The van der Waals surface area contributed by atoms with E-state index < -0.39 is 11.7 Å². The van der Waals surface area contributed by atoms with E-state index in [0.717, 1.165) is 6.42 Å². The van der Waals surface area contributed by atoms with E-state index in [1.165, 1.54) is 18.2 Å². The second kappa shape index (κ2) is 5.90. The second-order valence-corrected chi connectivity index (χ2v) is 4.08. The molecule has 1 heterocycles. The highest BCUT2D eigenvalue weighted by atomic mass is 19.1. The Morgan fingerprint density at radius 1 is 1.61 bits per heavy atom. The van der Waals surface area contributed by atoms with Gasteiger partial charge in [-0.1, -0.05) is 0 Å². The summed E-state index contributed by atoms with van der Waals surface area (Å²) in [5.74, 6) is 4.17. The number of amides is 1. The molecule has 0 bridgehead atoms. The quantitative estimate of drug-likeness (QED) is 0.472. The highest BCUT2D eigenvalue weighted by Crippen LogP contribution is 2.15. The van der Waals surface area contributed by atoms with Gasteiger partial charge in [0.2, 0.25) is 0 Å². The average Bonchev–Trinajstić information content (AvgIpc) is 2.90. The second-order valence-electron chi connectivity index (χ2n) is 4.08. The van der Waals surface area contributed by atoms with Crippen LogP contribution in [0.3, 0.4) is 0 Å². The highest BCUT2D eigenvalue weighted by molar-refractivity contribution is 5.93. The number of hydrogen-bond acceptors (Lipinski definition) is 4.